The molecular weight excluding hydrogens is 447 g/mol. The first-order valence-electron chi connectivity index (χ1n) is 8.54. The van der Waals surface area contributed by atoms with Crippen molar-refractivity contribution < 1.29 is 4.79 Å². The Morgan fingerprint density at radius 3 is 2.60 bits per heavy atom. The summed E-state index contributed by atoms with van der Waals surface area (Å²) in [6.07, 6.45) is 1.04. The molecule has 1 atom stereocenters. The van der Waals surface area contributed by atoms with Crippen LogP contribution in [0.25, 0.3) is 0 Å². The molecule has 2 N–H and O–H groups in total. The molecule has 0 saturated heterocycles. The smallest absolute Gasteiger partial charge is 0.240 e. The standard InChI is InChI=1S/C18H32N4OS.HI/c1-7-19-17(22(6)13-16(23)21-18(3,4)5)20-12-14(2)11-15-9-8-10-24-15;/h8-10,14H,7,11-13H2,1-6H3,(H,19,20)(H,21,23);1H. The van der Waals surface area contributed by atoms with Crippen molar-refractivity contribution in [3.05, 3.63) is 22.4 Å². The van der Waals surface area contributed by atoms with Crippen LogP contribution in [0.2, 0.25) is 0 Å². The first kappa shape index (κ1) is 24.2. The zero-order valence-electron chi connectivity index (χ0n) is 16.3. The van der Waals surface area contributed by atoms with E-state index >= 15 is 0 Å². The molecule has 0 spiro atoms. The molecule has 0 fully saturated rings. The second-order valence-corrected chi connectivity index (χ2v) is 8.27. The molecule has 1 rings (SSSR count). The Kier molecular flexibility index (Phi) is 11.3. The van der Waals surface area contributed by atoms with E-state index in [9.17, 15) is 4.79 Å². The van der Waals surface area contributed by atoms with Crippen molar-refractivity contribution in [1.82, 2.24) is 15.5 Å². The minimum Gasteiger partial charge on any atom is -0.357 e. The maximum absolute atomic E-state index is 12.1. The molecule has 1 heterocycles. The van der Waals surface area contributed by atoms with E-state index in [0.29, 0.717) is 12.5 Å². The molecule has 0 aliphatic carbocycles. The minimum absolute atomic E-state index is 0. The number of halogens is 1. The lowest BCUT2D eigenvalue weighted by atomic mass is 10.1. The number of nitrogens with one attached hydrogen (secondary N) is 2. The predicted octanol–water partition coefficient (Wildman–Crippen LogP) is 3.36. The van der Waals surface area contributed by atoms with E-state index in [1.54, 1.807) is 11.3 Å². The first-order chi connectivity index (χ1) is 11.2. The molecule has 1 amide bonds. The van der Waals surface area contributed by atoms with E-state index in [1.165, 1.54) is 4.88 Å². The molecule has 144 valence electrons. The summed E-state index contributed by atoms with van der Waals surface area (Å²) in [5.74, 6) is 1.25. The highest BCUT2D eigenvalue weighted by atomic mass is 127. The maximum Gasteiger partial charge on any atom is 0.240 e. The summed E-state index contributed by atoms with van der Waals surface area (Å²) in [6.45, 7) is 12.0. The number of carbonyl (C=O) groups is 1. The third kappa shape index (κ3) is 10.7. The summed E-state index contributed by atoms with van der Waals surface area (Å²) in [5, 5.41) is 8.35. The normalized spacial score (nSPS) is 13.0. The van der Waals surface area contributed by atoms with Crippen molar-refractivity contribution in [2.24, 2.45) is 10.9 Å². The summed E-state index contributed by atoms with van der Waals surface area (Å²) in [7, 11) is 1.90. The molecule has 0 aliphatic heterocycles. The number of thiophene rings is 1. The van der Waals surface area contributed by atoms with Gasteiger partial charge in [-0.3, -0.25) is 9.79 Å². The van der Waals surface area contributed by atoms with E-state index < -0.39 is 0 Å². The number of hydrogen-bond acceptors (Lipinski definition) is 3. The van der Waals surface area contributed by atoms with Crippen LogP contribution < -0.4 is 10.6 Å². The van der Waals surface area contributed by atoms with Crippen LogP contribution in [0.4, 0.5) is 0 Å². The minimum atomic E-state index is -0.220. The Bertz CT molecular complexity index is 526. The van der Waals surface area contributed by atoms with Crippen molar-refractivity contribution in [1.29, 1.82) is 0 Å². The number of guanidine groups is 1. The third-order valence-electron chi connectivity index (χ3n) is 3.27. The SMILES string of the molecule is CCNC(=NCC(C)Cc1cccs1)N(C)CC(=O)NC(C)(C)C.I. The van der Waals surface area contributed by atoms with Gasteiger partial charge in [-0.25, -0.2) is 0 Å². The highest BCUT2D eigenvalue weighted by molar-refractivity contribution is 14.0. The predicted molar refractivity (Wildman–Crippen MR) is 119 cm³/mol. The molecule has 0 bridgehead atoms. The van der Waals surface area contributed by atoms with E-state index in [0.717, 1.165) is 25.5 Å². The van der Waals surface area contributed by atoms with Gasteiger partial charge < -0.3 is 15.5 Å². The summed E-state index contributed by atoms with van der Waals surface area (Å²) in [4.78, 5) is 20.1. The van der Waals surface area contributed by atoms with Crippen LogP contribution in [-0.2, 0) is 11.2 Å². The Morgan fingerprint density at radius 1 is 1.40 bits per heavy atom. The van der Waals surface area contributed by atoms with E-state index in [2.05, 4.69) is 35.1 Å². The summed E-state index contributed by atoms with van der Waals surface area (Å²) < 4.78 is 0. The van der Waals surface area contributed by atoms with Gasteiger partial charge in [0.05, 0.1) is 6.54 Å². The number of carbonyl (C=O) groups excluding carboxylic acids is 1. The van der Waals surface area contributed by atoms with Crippen LogP contribution in [0.5, 0.6) is 0 Å². The summed E-state index contributed by atoms with van der Waals surface area (Å²) in [6, 6.07) is 4.25. The van der Waals surface area contributed by atoms with E-state index in [4.69, 9.17) is 4.99 Å². The average Bonchev–Trinajstić information content (AvgIpc) is 2.93. The number of amides is 1. The number of rotatable bonds is 7. The number of likely N-dealkylation sites (N-methyl/N-ethyl adjacent to an activating group) is 1. The lowest BCUT2D eigenvalue weighted by Crippen LogP contribution is -2.48. The van der Waals surface area contributed by atoms with Crippen molar-refractivity contribution in [2.45, 2.75) is 46.6 Å². The molecule has 0 saturated carbocycles. The molecule has 25 heavy (non-hydrogen) atoms. The molecule has 0 radical (unpaired) electrons. The largest absolute Gasteiger partial charge is 0.357 e. The van der Waals surface area contributed by atoms with Gasteiger partial charge in [-0.1, -0.05) is 13.0 Å². The molecule has 0 aliphatic rings. The van der Waals surface area contributed by atoms with Gasteiger partial charge in [0.25, 0.3) is 0 Å². The lowest BCUT2D eigenvalue weighted by molar-refractivity contribution is -0.122. The van der Waals surface area contributed by atoms with Gasteiger partial charge in [-0.15, -0.1) is 35.3 Å². The van der Waals surface area contributed by atoms with Gasteiger partial charge in [-0.2, -0.15) is 0 Å². The summed E-state index contributed by atoms with van der Waals surface area (Å²) >= 11 is 1.79. The molecule has 5 nitrogen and oxygen atoms in total. The maximum atomic E-state index is 12.1. The number of nitrogens with zero attached hydrogens (tertiary/aromatic N) is 2. The Balaban J connectivity index is 0.00000576. The van der Waals surface area contributed by atoms with Crippen molar-refractivity contribution in [3.8, 4) is 0 Å². The Hall–Kier alpha value is -0.830. The molecule has 7 heteroatoms. The fourth-order valence-electron chi connectivity index (χ4n) is 2.30. The topological polar surface area (TPSA) is 56.7 Å². The molecule has 1 unspecified atom stereocenters. The zero-order chi connectivity index (χ0) is 18.2. The van der Waals surface area contributed by atoms with Gasteiger partial charge in [0, 0.05) is 30.6 Å². The number of aliphatic imine (C=N–C) groups is 1. The molecule has 0 aromatic carbocycles. The zero-order valence-corrected chi connectivity index (χ0v) is 19.4. The van der Waals surface area contributed by atoms with Gasteiger partial charge in [0.2, 0.25) is 5.91 Å². The van der Waals surface area contributed by atoms with Crippen LogP contribution in [-0.4, -0.2) is 49.0 Å². The third-order valence-corrected chi connectivity index (χ3v) is 4.17. The van der Waals surface area contributed by atoms with E-state index in [-0.39, 0.29) is 35.4 Å². The van der Waals surface area contributed by atoms with E-state index in [1.807, 2.05) is 39.6 Å². The van der Waals surface area contributed by atoms with Crippen LogP contribution in [0.3, 0.4) is 0 Å². The molecule has 1 aromatic rings. The molecular formula is C18H33IN4OS. The Labute approximate surface area is 173 Å². The van der Waals surface area contributed by atoms with Crippen LogP contribution >= 0.6 is 35.3 Å². The second-order valence-electron chi connectivity index (χ2n) is 7.24. The molecule has 1 aromatic heterocycles. The fraction of sp³-hybridized carbons (Fsp3) is 0.667. The monoisotopic (exact) mass is 480 g/mol. The van der Waals surface area contributed by atoms with Gasteiger partial charge in [0.1, 0.15) is 0 Å². The highest BCUT2D eigenvalue weighted by Crippen LogP contribution is 2.14. The quantitative estimate of drug-likeness (QED) is 0.358. The van der Waals surface area contributed by atoms with Gasteiger partial charge >= 0.3 is 0 Å². The van der Waals surface area contributed by atoms with Gasteiger partial charge in [-0.05, 0) is 51.5 Å². The number of hydrogen-bond donors (Lipinski definition) is 2. The van der Waals surface area contributed by atoms with Crippen LogP contribution in [0, 0.1) is 5.92 Å². The van der Waals surface area contributed by atoms with Crippen LogP contribution in [0.15, 0.2) is 22.5 Å². The Morgan fingerprint density at radius 2 is 2.08 bits per heavy atom. The van der Waals surface area contributed by atoms with Crippen molar-refractivity contribution in [2.75, 3.05) is 26.7 Å². The second kappa shape index (κ2) is 11.7. The van der Waals surface area contributed by atoms with Gasteiger partial charge in [0.15, 0.2) is 5.96 Å². The highest BCUT2D eigenvalue weighted by Gasteiger charge is 2.17. The van der Waals surface area contributed by atoms with Crippen molar-refractivity contribution >= 4 is 47.2 Å². The first-order valence-corrected chi connectivity index (χ1v) is 9.42. The average molecular weight is 480 g/mol. The summed E-state index contributed by atoms with van der Waals surface area (Å²) in [5.41, 5.74) is -0.220. The fourth-order valence-corrected chi connectivity index (χ4v) is 3.17. The van der Waals surface area contributed by atoms with Crippen molar-refractivity contribution in [3.63, 3.8) is 0 Å². The van der Waals surface area contributed by atoms with Crippen LogP contribution in [0.1, 0.15) is 39.5 Å². The lowest BCUT2D eigenvalue weighted by Gasteiger charge is -2.25.